The lowest BCUT2D eigenvalue weighted by Gasteiger charge is -2.24. The van der Waals surface area contributed by atoms with Crippen LogP contribution in [0.15, 0.2) is 88.2 Å². The molecule has 162 valence electrons. The van der Waals surface area contributed by atoms with Gasteiger partial charge < -0.3 is 4.74 Å². The number of halogens is 1. The third-order valence-corrected chi connectivity index (χ3v) is 7.11. The first-order chi connectivity index (χ1) is 14.8. The van der Waals surface area contributed by atoms with Crippen molar-refractivity contribution in [2.24, 2.45) is 0 Å². The standard InChI is InChI=1S/C22H21BrN2O5S/c1-24(31(28,29)22-10-6-5-9-20(22)25(26)27)15-21(18-7-3-2-4-8-18)30-16-17-11-13-19(23)14-12-17/h2-14,21H,15-16H2,1H3. The normalized spacial score (nSPS) is 12.6. The maximum atomic E-state index is 13.1. The van der Waals surface area contributed by atoms with Crippen molar-refractivity contribution in [3.8, 4) is 0 Å². The number of nitro benzene ring substituents is 1. The van der Waals surface area contributed by atoms with Gasteiger partial charge >= 0.3 is 0 Å². The maximum Gasteiger partial charge on any atom is 0.289 e. The fourth-order valence-electron chi connectivity index (χ4n) is 3.03. The van der Waals surface area contributed by atoms with Crippen LogP contribution in [0.25, 0.3) is 0 Å². The molecule has 0 radical (unpaired) electrons. The van der Waals surface area contributed by atoms with Crippen LogP contribution in [0.3, 0.4) is 0 Å². The Kier molecular flexibility index (Phi) is 7.55. The molecular weight excluding hydrogens is 484 g/mol. The van der Waals surface area contributed by atoms with Crippen LogP contribution in [0, 0.1) is 10.1 Å². The van der Waals surface area contributed by atoms with Crippen molar-refractivity contribution < 1.29 is 18.1 Å². The van der Waals surface area contributed by atoms with E-state index in [4.69, 9.17) is 4.74 Å². The third kappa shape index (κ3) is 5.76. The third-order valence-electron chi connectivity index (χ3n) is 4.71. The van der Waals surface area contributed by atoms with Gasteiger partial charge in [0.1, 0.15) is 0 Å². The minimum Gasteiger partial charge on any atom is -0.367 e. The molecule has 3 aromatic rings. The summed E-state index contributed by atoms with van der Waals surface area (Å²) in [5.74, 6) is 0. The molecule has 0 aliphatic rings. The molecule has 0 spiro atoms. The van der Waals surface area contributed by atoms with E-state index in [0.29, 0.717) is 0 Å². The maximum absolute atomic E-state index is 13.1. The van der Waals surface area contributed by atoms with Crippen LogP contribution in [0.5, 0.6) is 0 Å². The summed E-state index contributed by atoms with van der Waals surface area (Å²) in [6.07, 6.45) is -0.563. The van der Waals surface area contributed by atoms with E-state index in [9.17, 15) is 18.5 Å². The first-order valence-corrected chi connectivity index (χ1v) is 11.6. The first-order valence-electron chi connectivity index (χ1n) is 9.40. The summed E-state index contributed by atoms with van der Waals surface area (Å²) in [5.41, 5.74) is 1.29. The smallest absolute Gasteiger partial charge is 0.289 e. The molecule has 0 saturated carbocycles. The quantitative estimate of drug-likeness (QED) is 0.304. The van der Waals surface area contributed by atoms with Gasteiger partial charge in [-0.15, -0.1) is 0 Å². The van der Waals surface area contributed by atoms with Crippen molar-refractivity contribution in [2.75, 3.05) is 13.6 Å². The molecule has 0 aliphatic carbocycles. The number of hydrogen-bond donors (Lipinski definition) is 0. The van der Waals surface area contributed by atoms with Gasteiger partial charge in [0, 0.05) is 24.1 Å². The fraction of sp³-hybridized carbons (Fsp3) is 0.182. The van der Waals surface area contributed by atoms with Gasteiger partial charge in [-0.25, -0.2) is 8.42 Å². The van der Waals surface area contributed by atoms with Gasteiger partial charge in [-0.2, -0.15) is 4.31 Å². The Morgan fingerprint density at radius 3 is 2.26 bits per heavy atom. The summed E-state index contributed by atoms with van der Waals surface area (Å²) in [4.78, 5) is 10.3. The van der Waals surface area contributed by atoms with Gasteiger partial charge in [-0.1, -0.05) is 70.5 Å². The predicted octanol–water partition coefficient (Wildman–Crippen LogP) is 4.94. The van der Waals surface area contributed by atoms with Crippen LogP contribution in [-0.2, 0) is 21.4 Å². The topological polar surface area (TPSA) is 89.8 Å². The Morgan fingerprint density at radius 2 is 1.61 bits per heavy atom. The Morgan fingerprint density at radius 1 is 1.00 bits per heavy atom. The van der Waals surface area contributed by atoms with Gasteiger partial charge in [-0.3, -0.25) is 10.1 Å². The van der Waals surface area contributed by atoms with Crippen molar-refractivity contribution in [1.29, 1.82) is 0 Å². The van der Waals surface area contributed by atoms with Crippen molar-refractivity contribution in [2.45, 2.75) is 17.6 Å². The van der Waals surface area contributed by atoms with Crippen LogP contribution in [0.2, 0.25) is 0 Å². The van der Waals surface area contributed by atoms with E-state index in [2.05, 4.69) is 15.9 Å². The molecule has 0 bridgehead atoms. The Balaban J connectivity index is 1.85. The van der Waals surface area contributed by atoms with Crippen molar-refractivity contribution in [3.63, 3.8) is 0 Å². The second-order valence-corrected chi connectivity index (χ2v) is 9.78. The zero-order chi connectivity index (χ0) is 22.4. The second-order valence-electron chi connectivity index (χ2n) is 6.85. The number of likely N-dealkylation sites (N-methyl/N-ethyl adjacent to an activating group) is 1. The molecule has 7 nitrogen and oxygen atoms in total. The van der Waals surface area contributed by atoms with Crippen molar-refractivity contribution in [3.05, 3.63) is 105 Å². The van der Waals surface area contributed by atoms with Crippen LogP contribution >= 0.6 is 15.9 Å². The lowest BCUT2D eigenvalue weighted by Crippen LogP contribution is -2.32. The number of nitro groups is 1. The fourth-order valence-corrected chi connectivity index (χ4v) is 4.61. The molecule has 0 amide bonds. The van der Waals surface area contributed by atoms with Gasteiger partial charge in [0.15, 0.2) is 4.90 Å². The van der Waals surface area contributed by atoms with Crippen LogP contribution in [0.1, 0.15) is 17.2 Å². The Bertz CT molecular complexity index is 1140. The minimum atomic E-state index is -4.10. The van der Waals surface area contributed by atoms with Gasteiger partial charge in [0.25, 0.3) is 5.69 Å². The number of para-hydroxylation sites is 1. The van der Waals surface area contributed by atoms with E-state index in [1.54, 1.807) is 0 Å². The molecule has 0 aliphatic heterocycles. The SMILES string of the molecule is CN(CC(OCc1ccc(Br)cc1)c1ccccc1)S(=O)(=O)c1ccccc1[N+](=O)[O-]. The highest BCUT2D eigenvalue weighted by molar-refractivity contribution is 9.10. The molecule has 0 saturated heterocycles. The number of benzene rings is 3. The van der Waals surface area contributed by atoms with Crippen molar-refractivity contribution >= 4 is 31.6 Å². The van der Waals surface area contributed by atoms with Crippen molar-refractivity contribution in [1.82, 2.24) is 4.31 Å². The van der Waals surface area contributed by atoms with E-state index in [1.165, 1.54) is 31.3 Å². The average molecular weight is 505 g/mol. The van der Waals surface area contributed by atoms with E-state index in [0.717, 1.165) is 19.9 Å². The predicted molar refractivity (Wildman–Crippen MR) is 121 cm³/mol. The molecule has 0 N–H and O–H groups in total. The summed E-state index contributed by atoms with van der Waals surface area (Å²) in [5, 5.41) is 11.3. The molecule has 0 aromatic heterocycles. The summed E-state index contributed by atoms with van der Waals surface area (Å²) in [7, 11) is -2.71. The van der Waals surface area contributed by atoms with Crippen LogP contribution in [-0.4, -0.2) is 31.2 Å². The Hall–Kier alpha value is -2.59. The molecule has 31 heavy (non-hydrogen) atoms. The van der Waals surface area contributed by atoms with Crippen LogP contribution < -0.4 is 0 Å². The molecular formula is C22H21BrN2O5S. The average Bonchev–Trinajstić information content (AvgIpc) is 2.78. The monoisotopic (exact) mass is 504 g/mol. The minimum absolute atomic E-state index is 0.00504. The molecule has 0 heterocycles. The second kappa shape index (κ2) is 10.1. The van der Waals surface area contributed by atoms with Gasteiger partial charge in [0.2, 0.25) is 10.0 Å². The van der Waals surface area contributed by atoms with Gasteiger partial charge in [0.05, 0.1) is 17.6 Å². The number of nitrogens with zero attached hydrogens (tertiary/aromatic N) is 2. The largest absolute Gasteiger partial charge is 0.367 e. The van der Waals surface area contributed by atoms with E-state index in [-0.39, 0.29) is 18.0 Å². The lowest BCUT2D eigenvalue weighted by molar-refractivity contribution is -0.387. The van der Waals surface area contributed by atoms with E-state index in [1.807, 2.05) is 54.6 Å². The van der Waals surface area contributed by atoms with E-state index < -0.39 is 26.7 Å². The molecule has 3 rings (SSSR count). The summed E-state index contributed by atoms with van der Waals surface area (Å²) < 4.78 is 34.3. The first kappa shape index (κ1) is 23.1. The highest BCUT2D eigenvalue weighted by Gasteiger charge is 2.31. The molecule has 1 atom stereocenters. The zero-order valence-electron chi connectivity index (χ0n) is 16.7. The highest BCUT2D eigenvalue weighted by atomic mass is 79.9. The summed E-state index contributed by atoms with van der Waals surface area (Å²) in [6, 6.07) is 22.2. The number of sulfonamides is 1. The summed E-state index contributed by atoms with van der Waals surface area (Å²) >= 11 is 3.39. The molecule has 0 fully saturated rings. The number of hydrogen-bond acceptors (Lipinski definition) is 5. The number of rotatable bonds is 9. The Labute approximate surface area is 189 Å². The zero-order valence-corrected chi connectivity index (χ0v) is 19.1. The number of ether oxygens (including phenoxy) is 1. The molecule has 1 unspecified atom stereocenters. The molecule has 9 heteroatoms. The van der Waals surface area contributed by atoms with Crippen LogP contribution in [0.4, 0.5) is 5.69 Å². The summed E-state index contributed by atoms with van der Waals surface area (Å²) in [6.45, 7) is 0.279. The van der Waals surface area contributed by atoms with Gasteiger partial charge in [-0.05, 0) is 29.3 Å². The molecule has 3 aromatic carbocycles. The lowest BCUT2D eigenvalue weighted by atomic mass is 10.1. The van der Waals surface area contributed by atoms with E-state index >= 15 is 0 Å². The highest BCUT2D eigenvalue weighted by Crippen LogP contribution is 2.28.